The second-order valence-electron chi connectivity index (χ2n) is 4.35. The van der Waals surface area contributed by atoms with Crippen LogP contribution in [0.25, 0.3) is 0 Å². The second kappa shape index (κ2) is 6.05. The summed E-state index contributed by atoms with van der Waals surface area (Å²) in [5.74, 6) is 0.789. The average molecular weight is 236 g/mol. The molecule has 1 fully saturated rings. The van der Waals surface area contributed by atoms with Crippen LogP contribution < -0.4 is 5.32 Å². The smallest absolute Gasteiger partial charge is 0.158 e. The Labute approximate surface area is 102 Å². The lowest BCUT2D eigenvalue weighted by Gasteiger charge is -2.28. The average Bonchev–Trinajstić information content (AvgIpc) is 2.37. The van der Waals surface area contributed by atoms with Crippen molar-refractivity contribution in [1.82, 2.24) is 20.2 Å². The zero-order valence-corrected chi connectivity index (χ0v) is 10.5. The highest BCUT2D eigenvalue weighted by molar-refractivity contribution is 5.06. The Balaban J connectivity index is 1.96. The normalized spacial score (nSPS) is 21.6. The molecule has 0 spiro atoms. The molecule has 0 bridgehead atoms. The number of hydrogen-bond donors (Lipinski definition) is 1. The predicted molar refractivity (Wildman–Crippen MR) is 65.6 cm³/mol. The van der Waals surface area contributed by atoms with E-state index in [0.717, 1.165) is 44.2 Å². The van der Waals surface area contributed by atoms with Crippen molar-refractivity contribution in [2.24, 2.45) is 0 Å². The summed E-state index contributed by atoms with van der Waals surface area (Å²) < 4.78 is 5.67. The van der Waals surface area contributed by atoms with Gasteiger partial charge in [-0.3, -0.25) is 0 Å². The predicted octanol–water partition coefficient (Wildman–Crippen LogP) is 0.589. The molecule has 17 heavy (non-hydrogen) atoms. The maximum absolute atomic E-state index is 5.67. The van der Waals surface area contributed by atoms with Gasteiger partial charge in [0, 0.05) is 37.6 Å². The Morgan fingerprint density at radius 1 is 1.47 bits per heavy atom. The molecule has 5 heteroatoms. The Bertz CT molecular complexity index is 341. The van der Waals surface area contributed by atoms with Crippen molar-refractivity contribution < 1.29 is 4.74 Å². The Kier molecular flexibility index (Phi) is 4.42. The number of hydrogen-bond acceptors (Lipinski definition) is 5. The van der Waals surface area contributed by atoms with Crippen molar-refractivity contribution in [2.75, 3.05) is 33.3 Å². The lowest BCUT2D eigenvalue weighted by atomic mass is 10.2. The van der Waals surface area contributed by atoms with Gasteiger partial charge >= 0.3 is 0 Å². The fraction of sp³-hybridized carbons (Fsp3) is 0.667. The monoisotopic (exact) mass is 236 g/mol. The Hall–Kier alpha value is -1.04. The first-order chi connectivity index (χ1) is 8.29. The van der Waals surface area contributed by atoms with Crippen LogP contribution in [-0.2, 0) is 11.3 Å². The zero-order chi connectivity index (χ0) is 12.1. The van der Waals surface area contributed by atoms with Gasteiger partial charge in [-0.25, -0.2) is 9.97 Å². The van der Waals surface area contributed by atoms with E-state index in [2.05, 4.69) is 34.2 Å². The van der Waals surface area contributed by atoms with Crippen molar-refractivity contribution in [3.8, 4) is 0 Å². The van der Waals surface area contributed by atoms with Crippen molar-refractivity contribution in [1.29, 1.82) is 0 Å². The summed E-state index contributed by atoms with van der Waals surface area (Å²) in [5.41, 5.74) is 1.11. The molecule has 1 N–H and O–H groups in total. The molecule has 0 amide bonds. The van der Waals surface area contributed by atoms with Crippen LogP contribution in [0.1, 0.15) is 24.4 Å². The summed E-state index contributed by atoms with van der Waals surface area (Å²) in [6, 6.07) is 0. The molecule has 1 aromatic rings. The van der Waals surface area contributed by atoms with E-state index in [-0.39, 0.29) is 6.10 Å². The number of rotatable bonds is 4. The summed E-state index contributed by atoms with van der Waals surface area (Å²) in [7, 11) is 2.09. The first-order valence-electron chi connectivity index (χ1n) is 6.11. The zero-order valence-electron chi connectivity index (χ0n) is 10.5. The SMILES string of the molecule is CCNCc1cnc(C2CN(C)CCO2)nc1. The van der Waals surface area contributed by atoms with Gasteiger partial charge in [-0.05, 0) is 13.6 Å². The van der Waals surface area contributed by atoms with Crippen molar-refractivity contribution in [3.05, 3.63) is 23.8 Å². The van der Waals surface area contributed by atoms with Crippen molar-refractivity contribution >= 4 is 0 Å². The number of ether oxygens (including phenoxy) is 1. The third-order valence-corrected chi connectivity index (χ3v) is 2.86. The summed E-state index contributed by atoms with van der Waals surface area (Å²) in [5, 5.41) is 3.25. The van der Waals surface area contributed by atoms with Gasteiger partial charge in [-0.15, -0.1) is 0 Å². The van der Waals surface area contributed by atoms with Gasteiger partial charge in [0.25, 0.3) is 0 Å². The lowest BCUT2D eigenvalue weighted by molar-refractivity contribution is -0.0255. The van der Waals surface area contributed by atoms with Gasteiger partial charge in [-0.1, -0.05) is 6.92 Å². The van der Waals surface area contributed by atoms with Crippen molar-refractivity contribution in [3.63, 3.8) is 0 Å². The van der Waals surface area contributed by atoms with Crippen LogP contribution in [0.2, 0.25) is 0 Å². The first kappa shape index (κ1) is 12.4. The highest BCUT2D eigenvalue weighted by Gasteiger charge is 2.21. The van der Waals surface area contributed by atoms with Gasteiger partial charge in [-0.2, -0.15) is 0 Å². The van der Waals surface area contributed by atoms with E-state index in [4.69, 9.17) is 4.74 Å². The summed E-state index contributed by atoms with van der Waals surface area (Å²) in [6.07, 6.45) is 3.77. The topological polar surface area (TPSA) is 50.3 Å². The maximum atomic E-state index is 5.67. The molecule has 0 saturated carbocycles. The molecular formula is C12H20N4O. The molecule has 1 unspecified atom stereocenters. The fourth-order valence-corrected chi connectivity index (χ4v) is 1.83. The van der Waals surface area contributed by atoms with E-state index >= 15 is 0 Å². The number of likely N-dealkylation sites (N-methyl/N-ethyl adjacent to an activating group) is 1. The third kappa shape index (κ3) is 3.46. The molecule has 1 aromatic heterocycles. The molecule has 1 aliphatic rings. The van der Waals surface area contributed by atoms with Crippen LogP contribution in [0.4, 0.5) is 0 Å². The van der Waals surface area contributed by atoms with Crippen LogP contribution in [0, 0.1) is 0 Å². The minimum Gasteiger partial charge on any atom is -0.368 e. The van der Waals surface area contributed by atoms with E-state index in [1.165, 1.54) is 0 Å². The van der Waals surface area contributed by atoms with E-state index < -0.39 is 0 Å². The van der Waals surface area contributed by atoms with E-state index in [1.807, 2.05) is 12.4 Å². The van der Waals surface area contributed by atoms with E-state index in [0.29, 0.717) is 0 Å². The highest BCUT2D eigenvalue weighted by Crippen LogP contribution is 2.17. The van der Waals surface area contributed by atoms with E-state index in [9.17, 15) is 0 Å². The van der Waals surface area contributed by atoms with Crippen LogP contribution in [0.15, 0.2) is 12.4 Å². The number of nitrogens with one attached hydrogen (secondary N) is 1. The molecule has 1 aliphatic heterocycles. The Morgan fingerprint density at radius 2 is 2.24 bits per heavy atom. The summed E-state index contributed by atoms with van der Waals surface area (Å²) in [4.78, 5) is 11.0. The van der Waals surface area contributed by atoms with E-state index in [1.54, 1.807) is 0 Å². The summed E-state index contributed by atoms with van der Waals surface area (Å²) >= 11 is 0. The Morgan fingerprint density at radius 3 is 2.88 bits per heavy atom. The van der Waals surface area contributed by atoms with Gasteiger partial charge in [0.15, 0.2) is 5.82 Å². The van der Waals surface area contributed by atoms with Gasteiger partial charge < -0.3 is 15.0 Å². The molecule has 2 heterocycles. The third-order valence-electron chi connectivity index (χ3n) is 2.86. The van der Waals surface area contributed by atoms with Gasteiger partial charge in [0.1, 0.15) is 6.10 Å². The van der Waals surface area contributed by atoms with Crippen LogP contribution in [0.5, 0.6) is 0 Å². The largest absolute Gasteiger partial charge is 0.368 e. The molecule has 0 aromatic carbocycles. The first-order valence-corrected chi connectivity index (χ1v) is 6.11. The fourth-order valence-electron chi connectivity index (χ4n) is 1.83. The minimum absolute atomic E-state index is 0.0157. The lowest BCUT2D eigenvalue weighted by Crippen LogP contribution is -2.36. The number of morpholine rings is 1. The molecule has 0 radical (unpaired) electrons. The number of aromatic nitrogens is 2. The maximum Gasteiger partial charge on any atom is 0.158 e. The number of nitrogens with zero attached hydrogens (tertiary/aromatic N) is 3. The molecular weight excluding hydrogens is 216 g/mol. The van der Waals surface area contributed by atoms with Crippen LogP contribution in [0.3, 0.4) is 0 Å². The molecule has 2 rings (SSSR count). The molecule has 94 valence electrons. The van der Waals surface area contributed by atoms with Crippen LogP contribution in [-0.4, -0.2) is 48.2 Å². The molecule has 0 aliphatic carbocycles. The standard InChI is InChI=1S/C12H20N4O/c1-3-13-6-10-7-14-12(15-8-10)11-9-16(2)4-5-17-11/h7-8,11,13H,3-6,9H2,1-2H3. The summed E-state index contributed by atoms with van der Waals surface area (Å²) in [6.45, 7) is 6.46. The van der Waals surface area contributed by atoms with Crippen LogP contribution >= 0.6 is 0 Å². The second-order valence-corrected chi connectivity index (χ2v) is 4.35. The highest BCUT2D eigenvalue weighted by atomic mass is 16.5. The van der Waals surface area contributed by atoms with Gasteiger partial charge in [0.05, 0.1) is 6.61 Å². The molecule has 1 atom stereocenters. The quantitative estimate of drug-likeness (QED) is 0.829. The van der Waals surface area contributed by atoms with Gasteiger partial charge in [0.2, 0.25) is 0 Å². The van der Waals surface area contributed by atoms with Crippen molar-refractivity contribution in [2.45, 2.75) is 19.6 Å². The minimum atomic E-state index is 0.0157. The molecule has 5 nitrogen and oxygen atoms in total. The molecule has 1 saturated heterocycles.